The largest absolute Gasteiger partial charge is 0.487 e. The zero-order chi connectivity index (χ0) is 18.1. The van der Waals surface area contributed by atoms with Gasteiger partial charge in [-0.1, -0.05) is 6.07 Å². The number of pyridine rings is 1. The SMILES string of the molecule is Cc1ccsc1C(=O)NC[C@@H]1Cc2cc(F)cc(-c3ccccn3)c2O1. The Kier molecular flexibility index (Phi) is 4.42. The molecule has 3 aromatic rings. The zero-order valence-electron chi connectivity index (χ0n) is 14.2. The smallest absolute Gasteiger partial charge is 0.261 e. The normalized spacial score (nSPS) is 15.4. The van der Waals surface area contributed by atoms with Crippen LogP contribution in [0.25, 0.3) is 11.3 Å². The van der Waals surface area contributed by atoms with Gasteiger partial charge in [-0.25, -0.2) is 4.39 Å². The molecule has 4 rings (SSSR count). The third-order valence-electron chi connectivity index (χ3n) is 4.36. The van der Waals surface area contributed by atoms with Crippen LogP contribution in [0.1, 0.15) is 20.8 Å². The maximum atomic E-state index is 14.0. The molecule has 0 aliphatic carbocycles. The Morgan fingerprint density at radius 2 is 2.27 bits per heavy atom. The van der Waals surface area contributed by atoms with Crippen LogP contribution in [-0.4, -0.2) is 23.5 Å². The van der Waals surface area contributed by atoms with Crippen molar-refractivity contribution in [1.82, 2.24) is 10.3 Å². The summed E-state index contributed by atoms with van der Waals surface area (Å²) in [5.74, 6) is 0.233. The lowest BCUT2D eigenvalue weighted by atomic mass is 10.0. The van der Waals surface area contributed by atoms with Crippen LogP contribution in [0.5, 0.6) is 5.75 Å². The van der Waals surface area contributed by atoms with Gasteiger partial charge in [0.25, 0.3) is 5.91 Å². The first-order valence-electron chi connectivity index (χ1n) is 8.34. The number of hydrogen-bond acceptors (Lipinski definition) is 4. The molecule has 132 valence electrons. The van der Waals surface area contributed by atoms with Gasteiger partial charge in [-0.2, -0.15) is 0 Å². The summed E-state index contributed by atoms with van der Waals surface area (Å²) in [6.07, 6.45) is 2.00. The predicted molar refractivity (Wildman–Crippen MR) is 99.1 cm³/mol. The second-order valence-electron chi connectivity index (χ2n) is 6.24. The van der Waals surface area contributed by atoms with Crippen LogP contribution < -0.4 is 10.1 Å². The van der Waals surface area contributed by atoms with Gasteiger partial charge < -0.3 is 10.1 Å². The van der Waals surface area contributed by atoms with Gasteiger partial charge in [0.15, 0.2) is 0 Å². The number of benzene rings is 1. The molecule has 1 atom stereocenters. The van der Waals surface area contributed by atoms with Crippen LogP contribution in [0.4, 0.5) is 4.39 Å². The number of ether oxygens (including phenoxy) is 1. The lowest BCUT2D eigenvalue weighted by Gasteiger charge is -2.13. The van der Waals surface area contributed by atoms with Crippen LogP contribution in [0, 0.1) is 12.7 Å². The molecule has 1 aliphatic heterocycles. The Bertz CT molecular complexity index is 956. The molecule has 1 aliphatic rings. The van der Waals surface area contributed by atoms with Gasteiger partial charge in [0.2, 0.25) is 0 Å². The van der Waals surface area contributed by atoms with Crippen LogP contribution in [0.3, 0.4) is 0 Å². The van der Waals surface area contributed by atoms with E-state index in [2.05, 4.69) is 10.3 Å². The highest BCUT2D eigenvalue weighted by Crippen LogP contribution is 2.38. The molecule has 26 heavy (non-hydrogen) atoms. The van der Waals surface area contributed by atoms with E-state index in [1.807, 2.05) is 36.6 Å². The number of aryl methyl sites for hydroxylation is 1. The zero-order valence-corrected chi connectivity index (χ0v) is 15.0. The van der Waals surface area contributed by atoms with Crippen molar-refractivity contribution in [1.29, 1.82) is 0 Å². The number of nitrogens with one attached hydrogen (secondary N) is 1. The van der Waals surface area contributed by atoms with Crippen LogP contribution in [-0.2, 0) is 6.42 Å². The third kappa shape index (κ3) is 3.20. The van der Waals surface area contributed by atoms with Gasteiger partial charge in [0, 0.05) is 23.7 Å². The number of hydrogen-bond donors (Lipinski definition) is 1. The summed E-state index contributed by atoms with van der Waals surface area (Å²) in [5.41, 5.74) is 3.07. The summed E-state index contributed by atoms with van der Waals surface area (Å²) in [7, 11) is 0. The molecule has 1 N–H and O–H groups in total. The first-order chi connectivity index (χ1) is 12.6. The van der Waals surface area contributed by atoms with Gasteiger partial charge in [-0.15, -0.1) is 11.3 Å². The molecule has 6 heteroatoms. The number of thiophene rings is 1. The number of aromatic nitrogens is 1. The molecule has 0 bridgehead atoms. The molecule has 2 aromatic heterocycles. The molecule has 0 spiro atoms. The number of amides is 1. The Balaban J connectivity index is 1.51. The van der Waals surface area contributed by atoms with E-state index in [1.165, 1.54) is 23.5 Å². The Labute approximate surface area is 154 Å². The van der Waals surface area contributed by atoms with Crippen molar-refractivity contribution in [2.24, 2.45) is 0 Å². The van der Waals surface area contributed by atoms with Crippen molar-refractivity contribution in [3.63, 3.8) is 0 Å². The minimum Gasteiger partial charge on any atom is -0.487 e. The summed E-state index contributed by atoms with van der Waals surface area (Å²) in [4.78, 5) is 17.3. The quantitative estimate of drug-likeness (QED) is 0.758. The van der Waals surface area contributed by atoms with Crippen molar-refractivity contribution >= 4 is 17.2 Å². The standard InChI is InChI=1S/C20H17FN2O2S/c1-12-5-7-26-19(12)20(24)23-11-15-9-13-8-14(21)10-16(18(13)25-15)17-4-2-3-6-22-17/h2-8,10,15H,9,11H2,1H3,(H,23,24)/t15-/m0/s1. The summed E-state index contributed by atoms with van der Waals surface area (Å²) < 4.78 is 20.1. The van der Waals surface area contributed by atoms with E-state index in [1.54, 1.807) is 6.20 Å². The van der Waals surface area contributed by atoms with Crippen molar-refractivity contribution < 1.29 is 13.9 Å². The molecule has 4 nitrogen and oxygen atoms in total. The topological polar surface area (TPSA) is 51.2 Å². The van der Waals surface area contributed by atoms with Gasteiger partial charge in [0.1, 0.15) is 17.7 Å². The highest BCUT2D eigenvalue weighted by Gasteiger charge is 2.28. The molecule has 0 fully saturated rings. The van der Waals surface area contributed by atoms with E-state index in [4.69, 9.17) is 4.74 Å². The molecule has 0 radical (unpaired) electrons. The van der Waals surface area contributed by atoms with Gasteiger partial charge in [-0.05, 0) is 48.2 Å². The molecule has 0 saturated carbocycles. The lowest BCUT2D eigenvalue weighted by Crippen LogP contribution is -2.34. The number of carbonyl (C=O) groups is 1. The highest BCUT2D eigenvalue weighted by molar-refractivity contribution is 7.12. The maximum absolute atomic E-state index is 14.0. The molecule has 0 saturated heterocycles. The van der Waals surface area contributed by atoms with Crippen molar-refractivity contribution in [3.05, 3.63) is 69.8 Å². The highest BCUT2D eigenvalue weighted by atomic mass is 32.1. The maximum Gasteiger partial charge on any atom is 0.261 e. The molecule has 1 aromatic carbocycles. The minimum absolute atomic E-state index is 0.104. The van der Waals surface area contributed by atoms with E-state index in [9.17, 15) is 9.18 Å². The number of fused-ring (bicyclic) bond motifs is 1. The minimum atomic E-state index is -0.313. The van der Waals surface area contributed by atoms with E-state index in [-0.39, 0.29) is 17.8 Å². The summed E-state index contributed by atoms with van der Waals surface area (Å²) >= 11 is 1.42. The average Bonchev–Trinajstić information content (AvgIpc) is 3.25. The number of carbonyl (C=O) groups excluding carboxylic acids is 1. The Morgan fingerprint density at radius 1 is 1.38 bits per heavy atom. The first kappa shape index (κ1) is 16.7. The monoisotopic (exact) mass is 368 g/mol. The van der Waals surface area contributed by atoms with E-state index in [0.717, 1.165) is 11.1 Å². The van der Waals surface area contributed by atoms with E-state index >= 15 is 0 Å². The van der Waals surface area contributed by atoms with Crippen LogP contribution >= 0.6 is 11.3 Å². The average molecular weight is 368 g/mol. The number of nitrogens with zero attached hydrogens (tertiary/aromatic N) is 1. The van der Waals surface area contributed by atoms with Gasteiger partial charge in [-0.3, -0.25) is 9.78 Å². The fourth-order valence-corrected chi connectivity index (χ4v) is 3.95. The Hall–Kier alpha value is -2.73. The molecular formula is C20H17FN2O2S. The Morgan fingerprint density at radius 3 is 3.00 bits per heavy atom. The predicted octanol–water partition coefficient (Wildman–Crippen LogP) is 3.99. The van der Waals surface area contributed by atoms with E-state index in [0.29, 0.717) is 34.8 Å². The second-order valence-corrected chi connectivity index (χ2v) is 7.16. The van der Waals surface area contributed by atoms with Crippen molar-refractivity contribution in [2.75, 3.05) is 6.54 Å². The molecule has 3 heterocycles. The van der Waals surface area contributed by atoms with Crippen molar-refractivity contribution in [3.8, 4) is 17.0 Å². The molecular weight excluding hydrogens is 351 g/mol. The molecule has 0 unspecified atom stereocenters. The summed E-state index contributed by atoms with van der Waals surface area (Å²) in [6, 6.07) is 10.4. The van der Waals surface area contributed by atoms with Crippen LogP contribution in [0.2, 0.25) is 0 Å². The van der Waals surface area contributed by atoms with Gasteiger partial charge >= 0.3 is 0 Å². The lowest BCUT2D eigenvalue weighted by molar-refractivity contribution is 0.0937. The van der Waals surface area contributed by atoms with Gasteiger partial charge in [0.05, 0.1) is 17.1 Å². The third-order valence-corrected chi connectivity index (χ3v) is 5.38. The van der Waals surface area contributed by atoms with Crippen molar-refractivity contribution in [2.45, 2.75) is 19.4 Å². The molecule has 1 amide bonds. The van der Waals surface area contributed by atoms with E-state index < -0.39 is 0 Å². The first-order valence-corrected chi connectivity index (χ1v) is 9.22. The summed E-state index contributed by atoms with van der Waals surface area (Å²) in [6.45, 7) is 2.28. The second kappa shape index (κ2) is 6.88. The fraction of sp³-hybridized carbons (Fsp3) is 0.200. The number of halogens is 1. The summed E-state index contributed by atoms with van der Waals surface area (Å²) in [5, 5.41) is 4.81. The van der Waals surface area contributed by atoms with Crippen LogP contribution in [0.15, 0.2) is 48.0 Å². The number of rotatable bonds is 4. The fourth-order valence-electron chi connectivity index (χ4n) is 3.11.